The normalized spacial score (nSPS) is 10.7. The summed E-state index contributed by atoms with van der Waals surface area (Å²) in [4.78, 5) is 12.0. The Hall–Kier alpha value is -2.57. The molecule has 0 atom stereocenters. The molecule has 0 radical (unpaired) electrons. The Kier molecular flexibility index (Phi) is 4.54. The number of hydrogen-bond donors (Lipinski definition) is 1. The molecule has 0 unspecified atom stereocenters. The summed E-state index contributed by atoms with van der Waals surface area (Å²) in [5.74, 6) is -0.460. The first-order valence-electron chi connectivity index (χ1n) is 5.93. The van der Waals surface area contributed by atoms with Crippen molar-refractivity contribution in [3.05, 3.63) is 70.8 Å². The van der Waals surface area contributed by atoms with Crippen molar-refractivity contribution < 1.29 is 4.79 Å². The Labute approximate surface area is 122 Å². The standard InChI is InChI=1S/C16H11ClN2O/c17-15-9-5-4-6-12(15)10-13(11-18)16(20)19-14-7-2-1-3-8-14/h1-10H,(H,19,20). The SMILES string of the molecule is N#CC(=Cc1ccccc1Cl)C(=O)Nc1ccccc1. The minimum atomic E-state index is -0.460. The zero-order valence-electron chi connectivity index (χ0n) is 10.5. The van der Waals surface area contributed by atoms with Gasteiger partial charge in [-0.15, -0.1) is 0 Å². The van der Waals surface area contributed by atoms with E-state index in [1.54, 1.807) is 48.5 Å². The number of benzene rings is 2. The van der Waals surface area contributed by atoms with E-state index in [1.165, 1.54) is 6.08 Å². The smallest absolute Gasteiger partial charge is 0.266 e. The van der Waals surface area contributed by atoms with Crippen LogP contribution in [0.2, 0.25) is 5.02 Å². The van der Waals surface area contributed by atoms with Crippen molar-refractivity contribution in [1.29, 1.82) is 5.26 Å². The van der Waals surface area contributed by atoms with E-state index in [-0.39, 0.29) is 5.57 Å². The molecule has 2 aromatic carbocycles. The van der Waals surface area contributed by atoms with Gasteiger partial charge in [0.25, 0.3) is 5.91 Å². The van der Waals surface area contributed by atoms with Crippen LogP contribution in [0.4, 0.5) is 5.69 Å². The second kappa shape index (κ2) is 6.55. The minimum absolute atomic E-state index is 0.00181. The number of anilines is 1. The summed E-state index contributed by atoms with van der Waals surface area (Å²) in [5, 5.41) is 12.3. The zero-order valence-corrected chi connectivity index (χ0v) is 11.3. The molecule has 0 spiro atoms. The zero-order chi connectivity index (χ0) is 14.4. The molecule has 2 aromatic rings. The Morgan fingerprint density at radius 2 is 1.75 bits per heavy atom. The lowest BCUT2D eigenvalue weighted by Crippen LogP contribution is -2.13. The van der Waals surface area contributed by atoms with E-state index in [4.69, 9.17) is 16.9 Å². The molecule has 0 aromatic heterocycles. The molecule has 0 heterocycles. The summed E-state index contributed by atoms with van der Waals surface area (Å²) in [6.07, 6.45) is 1.47. The number of carbonyl (C=O) groups is 1. The summed E-state index contributed by atoms with van der Waals surface area (Å²) < 4.78 is 0. The summed E-state index contributed by atoms with van der Waals surface area (Å²) in [5.41, 5.74) is 1.27. The van der Waals surface area contributed by atoms with Gasteiger partial charge in [0.05, 0.1) is 0 Å². The highest BCUT2D eigenvalue weighted by Crippen LogP contribution is 2.18. The van der Waals surface area contributed by atoms with Gasteiger partial charge in [-0.3, -0.25) is 4.79 Å². The van der Waals surface area contributed by atoms with Gasteiger partial charge < -0.3 is 5.32 Å². The maximum absolute atomic E-state index is 12.0. The van der Waals surface area contributed by atoms with Gasteiger partial charge in [0, 0.05) is 10.7 Å². The van der Waals surface area contributed by atoms with Crippen LogP contribution in [-0.2, 0) is 4.79 Å². The molecule has 3 nitrogen and oxygen atoms in total. The van der Waals surface area contributed by atoms with E-state index in [2.05, 4.69) is 5.32 Å². The first-order chi connectivity index (χ1) is 9.70. The average molecular weight is 283 g/mol. The van der Waals surface area contributed by atoms with Gasteiger partial charge in [0.1, 0.15) is 11.6 Å². The topological polar surface area (TPSA) is 52.9 Å². The van der Waals surface area contributed by atoms with Gasteiger partial charge in [-0.1, -0.05) is 48.0 Å². The lowest BCUT2D eigenvalue weighted by molar-refractivity contribution is -0.112. The molecule has 20 heavy (non-hydrogen) atoms. The van der Waals surface area contributed by atoms with Gasteiger partial charge >= 0.3 is 0 Å². The van der Waals surface area contributed by atoms with E-state index in [0.717, 1.165) is 0 Å². The minimum Gasteiger partial charge on any atom is -0.321 e. The predicted molar refractivity (Wildman–Crippen MR) is 80.1 cm³/mol. The molecule has 0 aliphatic heterocycles. The highest BCUT2D eigenvalue weighted by molar-refractivity contribution is 6.32. The number of halogens is 1. The molecule has 0 saturated carbocycles. The Morgan fingerprint density at radius 3 is 2.40 bits per heavy atom. The van der Waals surface area contributed by atoms with Crippen molar-refractivity contribution in [2.24, 2.45) is 0 Å². The molecular formula is C16H11ClN2O. The van der Waals surface area contributed by atoms with Crippen molar-refractivity contribution in [2.75, 3.05) is 5.32 Å². The van der Waals surface area contributed by atoms with Crippen LogP contribution >= 0.6 is 11.6 Å². The number of carbonyl (C=O) groups excluding carboxylic acids is 1. The molecule has 0 fully saturated rings. The molecule has 1 amide bonds. The van der Waals surface area contributed by atoms with Crippen LogP contribution in [0.15, 0.2) is 60.2 Å². The lowest BCUT2D eigenvalue weighted by atomic mass is 10.1. The quantitative estimate of drug-likeness (QED) is 0.686. The number of rotatable bonds is 3. The van der Waals surface area contributed by atoms with E-state index >= 15 is 0 Å². The van der Waals surface area contributed by atoms with Crippen LogP contribution in [0.1, 0.15) is 5.56 Å². The fraction of sp³-hybridized carbons (Fsp3) is 0. The summed E-state index contributed by atoms with van der Waals surface area (Å²) >= 11 is 6.00. The second-order valence-corrected chi connectivity index (χ2v) is 4.42. The van der Waals surface area contributed by atoms with Crippen LogP contribution < -0.4 is 5.32 Å². The molecule has 0 aliphatic rings. The maximum atomic E-state index is 12.0. The molecule has 2 rings (SSSR count). The molecular weight excluding hydrogens is 272 g/mol. The number of nitriles is 1. The number of hydrogen-bond acceptors (Lipinski definition) is 2. The van der Waals surface area contributed by atoms with E-state index in [1.807, 2.05) is 12.1 Å². The molecule has 0 aliphatic carbocycles. The van der Waals surface area contributed by atoms with E-state index in [9.17, 15) is 4.79 Å². The molecule has 0 bridgehead atoms. The lowest BCUT2D eigenvalue weighted by Gasteiger charge is -2.04. The monoisotopic (exact) mass is 282 g/mol. The van der Waals surface area contributed by atoms with Crippen LogP contribution in [0.3, 0.4) is 0 Å². The van der Waals surface area contributed by atoms with Crippen LogP contribution in [0.5, 0.6) is 0 Å². The number of nitrogens with zero attached hydrogens (tertiary/aromatic N) is 1. The molecule has 0 saturated heterocycles. The van der Waals surface area contributed by atoms with Crippen molar-refractivity contribution >= 4 is 29.3 Å². The fourth-order valence-electron chi connectivity index (χ4n) is 1.62. The summed E-state index contributed by atoms with van der Waals surface area (Å²) in [6.45, 7) is 0. The first-order valence-corrected chi connectivity index (χ1v) is 6.31. The van der Waals surface area contributed by atoms with E-state index < -0.39 is 5.91 Å². The number of para-hydroxylation sites is 1. The third-order valence-electron chi connectivity index (χ3n) is 2.60. The number of amides is 1. The number of nitrogens with one attached hydrogen (secondary N) is 1. The highest BCUT2D eigenvalue weighted by Gasteiger charge is 2.10. The Balaban J connectivity index is 2.23. The summed E-state index contributed by atoms with van der Waals surface area (Å²) in [7, 11) is 0. The first kappa shape index (κ1) is 13.9. The van der Waals surface area contributed by atoms with Gasteiger partial charge in [-0.2, -0.15) is 5.26 Å². The maximum Gasteiger partial charge on any atom is 0.266 e. The largest absolute Gasteiger partial charge is 0.321 e. The molecule has 98 valence electrons. The van der Waals surface area contributed by atoms with Gasteiger partial charge in [0.15, 0.2) is 0 Å². The van der Waals surface area contributed by atoms with Crippen LogP contribution in [-0.4, -0.2) is 5.91 Å². The highest BCUT2D eigenvalue weighted by atomic mass is 35.5. The second-order valence-electron chi connectivity index (χ2n) is 4.01. The Morgan fingerprint density at radius 1 is 1.10 bits per heavy atom. The predicted octanol–water partition coefficient (Wildman–Crippen LogP) is 3.89. The van der Waals surface area contributed by atoms with Gasteiger partial charge in [-0.25, -0.2) is 0 Å². The van der Waals surface area contributed by atoms with Crippen LogP contribution in [0, 0.1) is 11.3 Å². The van der Waals surface area contributed by atoms with Crippen molar-refractivity contribution in [2.45, 2.75) is 0 Å². The van der Waals surface area contributed by atoms with Gasteiger partial charge in [-0.05, 0) is 29.8 Å². The Bertz CT molecular complexity index is 687. The molecule has 1 N–H and O–H groups in total. The van der Waals surface area contributed by atoms with Crippen molar-refractivity contribution in [3.8, 4) is 6.07 Å². The fourth-order valence-corrected chi connectivity index (χ4v) is 1.81. The third-order valence-corrected chi connectivity index (χ3v) is 2.95. The third kappa shape index (κ3) is 3.47. The summed E-state index contributed by atoms with van der Waals surface area (Å²) in [6, 6.07) is 17.9. The van der Waals surface area contributed by atoms with E-state index in [0.29, 0.717) is 16.3 Å². The van der Waals surface area contributed by atoms with Gasteiger partial charge in [0.2, 0.25) is 0 Å². The van der Waals surface area contributed by atoms with Crippen LogP contribution in [0.25, 0.3) is 6.08 Å². The molecule has 4 heteroatoms. The van der Waals surface area contributed by atoms with Crippen molar-refractivity contribution in [3.63, 3.8) is 0 Å². The van der Waals surface area contributed by atoms with Crippen molar-refractivity contribution in [1.82, 2.24) is 0 Å². The average Bonchev–Trinajstić information content (AvgIpc) is 2.47.